The molecule has 0 aromatic heterocycles. The van der Waals surface area contributed by atoms with Gasteiger partial charge in [-0.2, -0.15) is 0 Å². The van der Waals surface area contributed by atoms with Gasteiger partial charge in [-0.1, -0.05) is 48.5 Å². The van der Waals surface area contributed by atoms with Gasteiger partial charge in [-0.15, -0.1) is 0 Å². The average molecular weight is 347 g/mol. The first-order valence-corrected chi connectivity index (χ1v) is 8.23. The minimum Gasteiger partial charge on any atom is -0.493 e. The smallest absolute Gasteiger partial charge is 0.413 e. The molecule has 3 aromatic carbocycles. The first kappa shape index (κ1) is 16.0. The Morgan fingerprint density at radius 3 is 2.00 bits per heavy atom. The van der Waals surface area contributed by atoms with E-state index in [2.05, 4.69) is 5.32 Å². The van der Waals surface area contributed by atoms with Crippen molar-refractivity contribution in [2.45, 2.75) is 6.04 Å². The molecule has 0 unspecified atom stereocenters. The van der Waals surface area contributed by atoms with E-state index in [1.165, 1.54) is 7.11 Å². The van der Waals surface area contributed by atoms with Crippen molar-refractivity contribution in [3.63, 3.8) is 0 Å². The highest BCUT2D eigenvalue weighted by atomic mass is 16.6. The van der Waals surface area contributed by atoms with E-state index in [9.17, 15) is 4.79 Å². The average Bonchev–Trinajstić information content (AvgIpc) is 2.68. The van der Waals surface area contributed by atoms with E-state index in [1.54, 1.807) is 18.2 Å². The van der Waals surface area contributed by atoms with E-state index >= 15 is 0 Å². The number of rotatable bonds is 3. The van der Waals surface area contributed by atoms with Crippen LogP contribution in [0.15, 0.2) is 72.8 Å². The summed E-state index contributed by atoms with van der Waals surface area (Å²) in [6, 6.07) is 21.9. The number of hydrogen-bond acceptors (Lipinski definition) is 4. The second kappa shape index (κ2) is 6.80. The third kappa shape index (κ3) is 2.95. The Bertz CT molecular complexity index is 909. The quantitative estimate of drug-likeness (QED) is 0.747. The summed E-state index contributed by atoms with van der Waals surface area (Å²) < 4.78 is 16.6. The number of benzene rings is 3. The van der Waals surface area contributed by atoms with Crippen LogP contribution in [0.1, 0.15) is 17.2 Å². The van der Waals surface area contributed by atoms with Gasteiger partial charge in [-0.25, -0.2) is 4.79 Å². The van der Waals surface area contributed by atoms with E-state index in [0.29, 0.717) is 23.0 Å². The summed E-state index contributed by atoms with van der Waals surface area (Å²) in [7, 11) is 1.53. The number of carbonyl (C=O) groups is 1. The van der Waals surface area contributed by atoms with Crippen molar-refractivity contribution < 1.29 is 19.0 Å². The Kier molecular flexibility index (Phi) is 4.19. The lowest BCUT2D eigenvalue weighted by Gasteiger charge is -2.28. The van der Waals surface area contributed by atoms with E-state index < -0.39 is 6.09 Å². The van der Waals surface area contributed by atoms with Crippen LogP contribution in [0, 0.1) is 0 Å². The SMILES string of the molecule is COc1ccccc1OC(=O)NC1c2ccccc2Oc2ccccc21. The predicted molar refractivity (Wildman–Crippen MR) is 97.0 cm³/mol. The third-order valence-electron chi connectivity index (χ3n) is 4.21. The molecule has 0 spiro atoms. The van der Waals surface area contributed by atoms with Gasteiger partial charge in [-0.05, 0) is 24.3 Å². The topological polar surface area (TPSA) is 56.8 Å². The maximum Gasteiger partial charge on any atom is 0.413 e. The maximum atomic E-state index is 12.5. The molecule has 1 amide bonds. The van der Waals surface area contributed by atoms with Gasteiger partial charge < -0.3 is 19.5 Å². The number of hydrogen-bond donors (Lipinski definition) is 1. The number of methoxy groups -OCH3 is 1. The molecule has 1 aliphatic rings. The highest BCUT2D eigenvalue weighted by Gasteiger charge is 2.28. The zero-order valence-corrected chi connectivity index (χ0v) is 14.1. The molecular formula is C21H17NO4. The summed E-state index contributed by atoms with van der Waals surface area (Å²) in [5.41, 5.74) is 1.76. The fourth-order valence-electron chi connectivity index (χ4n) is 3.02. The predicted octanol–water partition coefficient (Wildman–Crippen LogP) is 4.68. The minimum atomic E-state index is -0.564. The zero-order valence-electron chi connectivity index (χ0n) is 14.1. The van der Waals surface area contributed by atoms with E-state index in [1.807, 2.05) is 54.6 Å². The minimum absolute atomic E-state index is 0.362. The van der Waals surface area contributed by atoms with Crippen molar-refractivity contribution in [2.75, 3.05) is 7.11 Å². The van der Waals surface area contributed by atoms with Gasteiger partial charge in [0.05, 0.1) is 13.2 Å². The molecule has 0 fully saturated rings. The van der Waals surface area contributed by atoms with E-state index in [0.717, 1.165) is 11.1 Å². The molecule has 1 N–H and O–H groups in total. The Hall–Kier alpha value is -3.47. The molecule has 3 aromatic rings. The standard InChI is InChI=1S/C21H17NO4/c1-24-18-12-6-7-13-19(18)26-21(23)22-20-14-8-2-4-10-16(14)25-17-11-5-3-9-15(17)20/h2-13,20H,1H3,(H,22,23). The number of nitrogens with one attached hydrogen (secondary N) is 1. The molecule has 1 heterocycles. The first-order chi connectivity index (χ1) is 12.8. The first-order valence-electron chi connectivity index (χ1n) is 8.23. The van der Waals surface area contributed by atoms with Crippen LogP contribution in [0.2, 0.25) is 0 Å². The van der Waals surface area contributed by atoms with E-state index in [4.69, 9.17) is 14.2 Å². The summed E-state index contributed by atoms with van der Waals surface area (Å²) >= 11 is 0. The van der Waals surface area contributed by atoms with Crippen LogP contribution in [-0.4, -0.2) is 13.2 Å². The molecule has 1 aliphatic heterocycles. The fraction of sp³-hybridized carbons (Fsp3) is 0.0952. The lowest BCUT2D eigenvalue weighted by atomic mass is 9.95. The largest absolute Gasteiger partial charge is 0.493 e. The second-order valence-corrected chi connectivity index (χ2v) is 5.80. The summed E-state index contributed by atoms with van der Waals surface area (Å²) in [6.45, 7) is 0. The normalized spacial score (nSPS) is 12.3. The Morgan fingerprint density at radius 2 is 1.38 bits per heavy atom. The van der Waals surface area contributed by atoms with Gasteiger partial charge in [0.15, 0.2) is 11.5 Å². The Morgan fingerprint density at radius 1 is 0.846 bits per heavy atom. The highest BCUT2D eigenvalue weighted by Crippen LogP contribution is 2.42. The summed E-state index contributed by atoms with van der Waals surface area (Å²) in [6.07, 6.45) is -0.564. The van der Waals surface area contributed by atoms with Gasteiger partial charge >= 0.3 is 6.09 Å². The molecule has 26 heavy (non-hydrogen) atoms. The number of carbonyl (C=O) groups excluding carboxylic acids is 1. The number of fused-ring (bicyclic) bond motifs is 2. The molecule has 0 aliphatic carbocycles. The van der Waals surface area contributed by atoms with Crippen LogP contribution in [0.5, 0.6) is 23.0 Å². The van der Waals surface area contributed by atoms with Crippen molar-refractivity contribution in [1.82, 2.24) is 5.32 Å². The fourth-order valence-corrected chi connectivity index (χ4v) is 3.02. The monoisotopic (exact) mass is 347 g/mol. The van der Waals surface area contributed by atoms with Crippen LogP contribution < -0.4 is 19.5 Å². The Labute approximate surface area is 151 Å². The van der Waals surface area contributed by atoms with Crippen molar-refractivity contribution in [1.29, 1.82) is 0 Å². The molecule has 0 radical (unpaired) electrons. The van der Waals surface area contributed by atoms with Crippen molar-refractivity contribution in [3.8, 4) is 23.0 Å². The van der Waals surface area contributed by atoms with Crippen LogP contribution in [0.3, 0.4) is 0 Å². The molecule has 0 saturated carbocycles. The molecule has 5 heteroatoms. The lowest BCUT2D eigenvalue weighted by Crippen LogP contribution is -2.33. The molecule has 5 nitrogen and oxygen atoms in total. The van der Waals surface area contributed by atoms with Crippen LogP contribution in [0.25, 0.3) is 0 Å². The third-order valence-corrected chi connectivity index (χ3v) is 4.21. The number of ether oxygens (including phenoxy) is 3. The number of amides is 1. The van der Waals surface area contributed by atoms with E-state index in [-0.39, 0.29) is 6.04 Å². The molecular weight excluding hydrogens is 330 g/mol. The molecule has 0 atom stereocenters. The van der Waals surface area contributed by atoms with Gasteiger partial charge in [0.25, 0.3) is 0 Å². The van der Waals surface area contributed by atoms with Crippen LogP contribution >= 0.6 is 0 Å². The van der Waals surface area contributed by atoms with Crippen molar-refractivity contribution in [2.24, 2.45) is 0 Å². The summed E-state index contributed by atoms with van der Waals surface area (Å²) in [5.74, 6) is 2.29. The zero-order chi connectivity index (χ0) is 17.9. The Balaban J connectivity index is 1.63. The van der Waals surface area contributed by atoms with Gasteiger partial charge in [0.1, 0.15) is 11.5 Å². The van der Waals surface area contributed by atoms with Crippen molar-refractivity contribution in [3.05, 3.63) is 83.9 Å². The van der Waals surface area contributed by atoms with Gasteiger partial charge in [0.2, 0.25) is 0 Å². The molecule has 0 saturated heterocycles. The molecule has 0 bridgehead atoms. The van der Waals surface area contributed by atoms with Crippen LogP contribution in [-0.2, 0) is 0 Å². The summed E-state index contributed by atoms with van der Waals surface area (Å²) in [5, 5.41) is 2.93. The molecule has 4 rings (SSSR count). The summed E-state index contributed by atoms with van der Waals surface area (Å²) in [4.78, 5) is 12.5. The van der Waals surface area contributed by atoms with Crippen molar-refractivity contribution >= 4 is 6.09 Å². The van der Waals surface area contributed by atoms with Gasteiger partial charge in [-0.3, -0.25) is 0 Å². The molecule has 130 valence electrons. The highest BCUT2D eigenvalue weighted by molar-refractivity contribution is 5.73. The lowest BCUT2D eigenvalue weighted by molar-refractivity contribution is 0.195. The van der Waals surface area contributed by atoms with Crippen LogP contribution in [0.4, 0.5) is 4.79 Å². The van der Waals surface area contributed by atoms with Gasteiger partial charge in [0, 0.05) is 11.1 Å². The number of para-hydroxylation sites is 4. The maximum absolute atomic E-state index is 12.5. The second-order valence-electron chi connectivity index (χ2n) is 5.80.